The first-order valence-corrected chi connectivity index (χ1v) is 21.3. The van der Waals surface area contributed by atoms with Gasteiger partial charge >= 0.3 is 0 Å². The van der Waals surface area contributed by atoms with E-state index >= 15 is 0 Å². The zero-order valence-electron chi connectivity index (χ0n) is 36.0. The standard InChI is InChI=1S/3C19H12O4/c20-15-8-6-12-13(18(15)21)7-9-16-17(12)19(22)14(10-23-16)11-4-2-1-3-5-11;20-14-8-6-12-7-9-15-17(16(12)19(14)22)18(21)13(10-23-15)11-4-2-1-3-5-11;20-15-8-12-6-7-17-18(13(12)9-16(15)21)19(22)14(10-23-17)11-4-2-1-3-5-11/h1-10,20-21H;1-10,20,22H;1-10,20-21H. The van der Waals surface area contributed by atoms with Gasteiger partial charge in [0.05, 0.1) is 32.8 Å². The van der Waals surface area contributed by atoms with Crippen molar-refractivity contribution < 1.29 is 43.9 Å². The van der Waals surface area contributed by atoms with Crippen LogP contribution in [0.15, 0.2) is 210 Å². The molecule has 12 nitrogen and oxygen atoms in total. The molecule has 0 amide bonds. The number of benzene rings is 9. The molecule has 0 aliphatic rings. The fourth-order valence-corrected chi connectivity index (χ4v) is 8.43. The van der Waals surface area contributed by atoms with Gasteiger partial charge in [-0.15, -0.1) is 0 Å². The van der Waals surface area contributed by atoms with Crippen molar-refractivity contribution in [2.75, 3.05) is 0 Å². The highest BCUT2D eigenvalue weighted by atomic mass is 16.3. The third-order valence-corrected chi connectivity index (χ3v) is 11.9. The highest BCUT2D eigenvalue weighted by Gasteiger charge is 2.18. The molecule has 9 aromatic carbocycles. The Hall–Kier alpha value is -9.81. The Balaban J connectivity index is 0.000000120. The molecule has 3 heterocycles. The fourth-order valence-electron chi connectivity index (χ4n) is 8.43. The molecule has 0 saturated carbocycles. The maximum Gasteiger partial charge on any atom is 0.201 e. The van der Waals surface area contributed by atoms with Gasteiger partial charge in [-0.3, -0.25) is 14.4 Å². The van der Waals surface area contributed by atoms with Crippen LogP contribution in [0.1, 0.15) is 0 Å². The monoisotopic (exact) mass is 912 g/mol. The highest BCUT2D eigenvalue weighted by molar-refractivity contribution is 6.11. The Morgan fingerprint density at radius 3 is 1.23 bits per heavy atom. The molecule has 336 valence electrons. The lowest BCUT2D eigenvalue weighted by atomic mass is 10.0. The van der Waals surface area contributed by atoms with Crippen LogP contribution in [-0.4, -0.2) is 30.6 Å². The lowest BCUT2D eigenvalue weighted by Gasteiger charge is -2.08. The molecule has 3 aromatic heterocycles. The van der Waals surface area contributed by atoms with Crippen LogP contribution in [0.2, 0.25) is 0 Å². The number of fused-ring (bicyclic) bond motifs is 9. The molecule has 0 fully saturated rings. The molecule has 0 saturated heterocycles. The van der Waals surface area contributed by atoms with Crippen molar-refractivity contribution in [1.82, 2.24) is 0 Å². The second-order valence-corrected chi connectivity index (χ2v) is 16.0. The van der Waals surface area contributed by atoms with Crippen molar-refractivity contribution in [3.8, 4) is 67.9 Å². The summed E-state index contributed by atoms with van der Waals surface area (Å²) in [4.78, 5) is 38.8. The Bertz CT molecular complexity index is 4040. The van der Waals surface area contributed by atoms with E-state index in [9.17, 15) is 45.0 Å². The lowest BCUT2D eigenvalue weighted by Crippen LogP contribution is -2.05. The van der Waals surface area contributed by atoms with Crippen LogP contribution in [-0.2, 0) is 0 Å². The van der Waals surface area contributed by atoms with Crippen molar-refractivity contribution in [2.24, 2.45) is 0 Å². The molecule has 12 aromatic rings. The normalized spacial score (nSPS) is 11.1. The van der Waals surface area contributed by atoms with Crippen molar-refractivity contribution >= 4 is 65.2 Å². The van der Waals surface area contributed by atoms with Crippen molar-refractivity contribution in [3.05, 3.63) is 213 Å². The number of phenols is 6. The van der Waals surface area contributed by atoms with E-state index in [1.807, 2.05) is 91.0 Å². The van der Waals surface area contributed by atoms with Crippen LogP contribution >= 0.6 is 0 Å². The van der Waals surface area contributed by atoms with Crippen molar-refractivity contribution in [3.63, 3.8) is 0 Å². The number of aromatic hydroxyl groups is 6. The zero-order valence-corrected chi connectivity index (χ0v) is 36.0. The summed E-state index contributed by atoms with van der Waals surface area (Å²) in [6.45, 7) is 0. The molecule has 69 heavy (non-hydrogen) atoms. The first kappa shape index (κ1) is 43.1. The molecule has 12 rings (SSSR count). The molecule has 0 unspecified atom stereocenters. The molecule has 0 spiro atoms. The average Bonchev–Trinajstić information content (AvgIpc) is 3.37. The summed E-state index contributed by atoms with van der Waals surface area (Å²) < 4.78 is 16.8. The predicted molar refractivity (Wildman–Crippen MR) is 266 cm³/mol. The first-order chi connectivity index (χ1) is 33.5. The van der Waals surface area contributed by atoms with Gasteiger partial charge in [0.2, 0.25) is 16.3 Å². The zero-order chi connectivity index (χ0) is 47.9. The van der Waals surface area contributed by atoms with E-state index in [0.29, 0.717) is 76.5 Å². The highest BCUT2D eigenvalue weighted by Crippen LogP contribution is 2.39. The lowest BCUT2D eigenvalue weighted by molar-refractivity contribution is 0.405. The van der Waals surface area contributed by atoms with Gasteiger partial charge in [-0.2, -0.15) is 0 Å². The molecule has 0 atom stereocenters. The third-order valence-electron chi connectivity index (χ3n) is 11.9. The summed E-state index contributed by atoms with van der Waals surface area (Å²) in [7, 11) is 0. The Kier molecular flexibility index (Phi) is 11.0. The SMILES string of the molecule is O=c1c(-c2ccccc2)coc2ccc3c(O)c(O)ccc3c12.O=c1c(-c2ccccc2)coc2ccc3cc(O)c(O)cc3c12.O=c1c(-c2ccccc2)coc2ccc3ccc(O)c(O)c3c12. The second-order valence-electron chi connectivity index (χ2n) is 16.0. The van der Waals surface area contributed by atoms with E-state index < -0.39 is 0 Å². The van der Waals surface area contributed by atoms with Gasteiger partial charge in [-0.1, -0.05) is 109 Å². The molecular formula is C57H36O12. The largest absolute Gasteiger partial charge is 0.504 e. The summed E-state index contributed by atoms with van der Waals surface area (Å²) >= 11 is 0. The summed E-state index contributed by atoms with van der Waals surface area (Å²) in [6, 6.07) is 46.6. The van der Waals surface area contributed by atoms with Gasteiger partial charge in [0.25, 0.3) is 0 Å². The minimum absolute atomic E-state index is 0.173. The van der Waals surface area contributed by atoms with Gasteiger partial charge in [-0.25, -0.2) is 0 Å². The van der Waals surface area contributed by atoms with Crippen LogP contribution < -0.4 is 16.3 Å². The first-order valence-electron chi connectivity index (χ1n) is 21.3. The molecule has 0 radical (unpaired) electrons. The maximum absolute atomic E-state index is 13.0. The fraction of sp³-hybridized carbons (Fsp3) is 0. The summed E-state index contributed by atoms with van der Waals surface area (Å²) in [5, 5.41) is 63.2. The van der Waals surface area contributed by atoms with Crippen LogP contribution in [0.5, 0.6) is 34.5 Å². The summed E-state index contributed by atoms with van der Waals surface area (Å²) in [5.41, 5.74) is 4.24. The molecular weight excluding hydrogens is 877 g/mol. The third kappa shape index (κ3) is 7.73. The second kappa shape index (κ2) is 17.5. The van der Waals surface area contributed by atoms with Crippen LogP contribution in [0.25, 0.3) is 98.6 Å². The summed E-state index contributed by atoms with van der Waals surface area (Å²) in [6.07, 6.45) is 4.32. The average molecular weight is 913 g/mol. The summed E-state index contributed by atoms with van der Waals surface area (Å²) in [5.74, 6) is -1.54. The van der Waals surface area contributed by atoms with Gasteiger partial charge < -0.3 is 43.9 Å². The Morgan fingerprint density at radius 1 is 0.304 bits per heavy atom. The van der Waals surface area contributed by atoms with Crippen LogP contribution in [0, 0.1) is 0 Å². The topological polar surface area (TPSA) is 212 Å². The number of rotatable bonds is 3. The minimum atomic E-state index is -0.314. The molecule has 6 N–H and O–H groups in total. The van der Waals surface area contributed by atoms with E-state index in [1.54, 1.807) is 48.5 Å². The molecule has 0 bridgehead atoms. The number of phenolic OH excluding ortho intramolecular Hbond substituents is 6. The maximum atomic E-state index is 13.0. The van der Waals surface area contributed by atoms with E-state index in [4.69, 9.17) is 13.3 Å². The van der Waals surface area contributed by atoms with Gasteiger partial charge in [0, 0.05) is 21.5 Å². The predicted octanol–water partition coefficient (Wildman–Crippen LogP) is 12.1. The number of hydrogen-bond donors (Lipinski definition) is 6. The smallest absolute Gasteiger partial charge is 0.201 e. The quantitative estimate of drug-likeness (QED) is 0.0722. The minimum Gasteiger partial charge on any atom is -0.504 e. The molecule has 0 aliphatic heterocycles. The molecule has 0 aliphatic carbocycles. The number of hydrogen-bond acceptors (Lipinski definition) is 12. The van der Waals surface area contributed by atoms with Gasteiger partial charge in [0.1, 0.15) is 35.5 Å². The van der Waals surface area contributed by atoms with Crippen molar-refractivity contribution in [2.45, 2.75) is 0 Å². The van der Waals surface area contributed by atoms with E-state index in [1.165, 1.54) is 43.1 Å². The molecule has 12 heteroatoms. The van der Waals surface area contributed by atoms with E-state index in [0.717, 1.165) is 16.7 Å². The van der Waals surface area contributed by atoms with Crippen LogP contribution in [0.4, 0.5) is 0 Å². The van der Waals surface area contributed by atoms with Gasteiger partial charge in [0.15, 0.2) is 34.5 Å². The van der Waals surface area contributed by atoms with E-state index in [2.05, 4.69) is 0 Å². The van der Waals surface area contributed by atoms with Crippen LogP contribution in [0.3, 0.4) is 0 Å². The Labute approximate surface area is 388 Å². The van der Waals surface area contributed by atoms with Crippen molar-refractivity contribution in [1.29, 1.82) is 0 Å². The van der Waals surface area contributed by atoms with E-state index in [-0.39, 0.29) is 56.2 Å². The van der Waals surface area contributed by atoms with Gasteiger partial charge in [-0.05, 0) is 82.1 Å². The Morgan fingerprint density at radius 2 is 0.696 bits per heavy atom.